The Morgan fingerprint density at radius 3 is 2.38 bits per heavy atom. The molecule has 21 heavy (non-hydrogen) atoms. The Morgan fingerprint density at radius 1 is 1.29 bits per heavy atom. The van der Waals surface area contributed by atoms with E-state index in [1.807, 2.05) is 19.0 Å². The Morgan fingerprint density at radius 2 is 1.90 bits per heavy atom. The van der Waals surface area contributed by atoms with E-state index in [2.05, 4.69) is 17.6 Å². The molecular weight excluding hydrogens is 270 g/mol. The van der Waals surface area contributed by atoms with Crippen molar-refractivity contribution in [3.8, 4) is 0 Å². The zero-order chi connectivity index (χ0) is 15.9. The molecule has 0 unspecified atom stereocenters. The molecule has 0 aromatic rings. The molecular formula is C15H29N3O3. The van der Waals surface area contributed by atoms with E-state index in [9.17, 15) is 14.7 Å². The standard InChI is InChI=1S/C15H29N3O3/c1-4-12-6-8-15(9-7-12,13(19)20)17-14(21)16-10-5-11-18(2)3/h12H,4-11H2,1-3H3,(H,19,20)(H2,16,17,21). The maximum Gasteiger partial charge on any atom is 0.329 e. The van der Waals surface area contributed by atoms with Crippen LogP contribution < -0.4 is 10.6 Å². The SMILES string of the molecule is CCC1CCC(NC(=O)NCCCN(C)C)(C(=O)O)CC1. The van der Waals surface area contributed by atoms with Gasteiger partial charge in [0.15, 0.2) is 0 Å². The van der Waals surface area contributed by atoms with Gasteiger partial charge in [-0.1, -0.05) is 13.3 Å². The van der Waals surface area contributed by atoms with Crippen molar-refractivity contribution in [2.45, 2.75) is 51.0 Å². The summed E-state index contributed by atoms with van der Waals surface area (Å²) in [5.74, 6) is -0.331. The second-order valence-corrected chi connectivity index (χ2v) is 6.28. The summed E-state index contributed by atoms with van der Waals surface area (Å²) in [4.78, 5) is 25.5. The van der Waals surface area contributed by atoms with E-state index in [1.165, 1.54) is 0 Å². The van der Waals surface area contributed by atoms with Crippen LogP contribution in [0.3, 0.4) is 0 Å². The Bertz CT molecular complexity index is 350. The maximum absolute atomic E-state index is 11.9. The Balaban J connectivity index is 2.44. The molecule has 0 bridgehead atoms. The van der Waals surface area contributed by atoms with Gasteiger partial charge in [-0.25, -0.2) is 9.59 Å². The van der Waals surface area contributed by atoms with E-state index in [1.54, 1.807) is 0 Å². The zero-order valence-corrected chi connectivity index (χ0v) is 13.4. The van der Waals surface area contributed by atoms with Crippen molar-refractivity contribution in [3.63, 3.8) is 0 Å². The molecule has 1 saturated carbocycles. The van der Waals surface area contributed by atoms with Gasteiger partial charge in [0.1, 0.15) is 5.54 Å². The number of nitrogens with zero attached hydrogens (tertiary/aromatic N) is 1. The molecule has 0 spiro atoms. The molecule has 0 aliphatic heterocycles. The van der Waals surface area contributed by atoms with Crippen LogP contribution in [0.1, 0.15) is 45.4 Å². The lowest BCUT2D eigenvalue weighted by molar-refractivity contribution is -0.146. The highest BCUT2D eigenvalue weighted by atomic mass is 16.4. The molecule has 1 fully saturated rings. The summed E-state index contributed by atoms with van der Waals surface area (Å²) in [7, 11) is 3.96. The van der Waals surface area contributed by atoms with Gasteiger partial charge in [-0.3, -0.25) is 0 Å². The van der Waals surface area contributed by atoms with Gasteiger partial charge in [0, 0.05) is 6.54 Å². The van der Waals surface area contributed by atoms with Crippen LogP contribution in [0.4, 0.5) is 4.79 Å². The van der Waals surface area contributed by atoms with Gasteiger partial charge in [0.25, 0.3) is 0 Å². The fraction of sp³-hybridized carbons (Fsp3) is 0.867. The fourth-order valence-electron chi connectivity index (χ4n) is 2.83. The van der Waals surface area contributed by atoms with Crippen LogP contribution in [0.25, 0.3) is 0 Å². The predicted octanol–water partition coefficient (Wildman–Crippen LogP) is 1.66. The van der Waals surface area contributed by atoms with Gasteiger partial charge in [-0.05, 0) is 58.7 Å². The number of carboxylic acid groups (broad SMARTS) is 1. The highest BCUT2D eigenvalue weighted by Crippen LogP contribution is 2.33. The molecule has 1 aliphatic rings. The average molecular weight is 299 g/mol. The number of urea groups is 1. The number of hydrogen-bond donors (Lipinski definition) is 3. The van der Waals surface area contributed by atoms with Crippen molar-refractivity contribution in [3.05, 3.63) is 0 Å². The molecule has 1 aliphatic carbocycles. The summed E-state index contributed by atoms with van der Waals surface area (Å²) in [6.07, 6.45) is 4.69. The molecule has 0 saturated heterocycles. The quantitative estimate of drug-likeness (QED) is 0.624. The first-order valence-electron chi connectivity index (χ1n) is 7.84. The van der Waals surface area contributed by atoms with Gasteiger partial charge in [0.05, 0.1) is 0 Å². The lowest BCUT2D eigenvalue weighted by Gasteiger charge is -2.37. The van der Waals surface area contributed by atoms with Crippen LogP contribution in [0.5, 0.6) is 0 Å². The smallest absolute Gasteiger partial charge is 0.329 e. The summed E-state index contributed by atoms with van der Waals surface area (Å²) in [5.41, 5.74) is -1.09. The summed E-state index contributed by atoms with van der Waals surface area (Å²) in [5, 5.41) is 14.9. The molecule has 0 radical (unpaired) electrons. The number of amides is 2. The Labute approximate surface area is 127 Å². The topological polar surface area (TPSA) is 81.7 Å². The number of aliphatic carboxylic acids is 1. The summed E-state index contributed by atoms with van der Waals surface area (Å²) in [6.45, 7) is 3.57. The van der Waals surface area contributed by atoms with Crippen LogP contribution in [0.2, 0.25) is 0 Å². The fourth-order valence-corrected chi connectivity index (χ4v) is 2.83. The van der Waals surface area contributed by atoms with E-state index < -0.39 is 11.5 Å². The predicted molar refractivity (Wildman–Crippen MR) is 82.3 cm³/mol. The largest absolute Gasteiger partial charge is 0.480 e. The molecule has 0 aromatic heterocycles. The lowest BCUT2D eigenvalue weighted by Crippen LogP contribution is -2.58. The van der Waals surface area contributed by atoms with Crippen molar-refractivity contribution in [2.24, 2.45) is 5.92 Å². The number of carbonyl (C=O) groups excluding carboxylic acids is 1. The minimum absolute atomic E-state index is 0.369. The second-order valence-electron chi connectivity index (χ2n) is 6.28. The molecule has 3 N–H and O–H groups in total. The number of hydrogen-bond acceptors (Lipinski definition) is 3. The first kappa shape index (κ1) is 17.8. The van der Waals surface area contributed by atoms with E-state index in [0.717, 1.165) is 32.2 Å². The van der Waals surface area contributed by atoms with Crippen molar-refractivity contribution >= 4 is 12.0 Å². The summed E-state index contributed by atoms with van der Waals surface area (Å²) < 4.78 is 0. The van der Waals surface area contributed by atoms with Crippen molar-refractivity contribution < 1.29 is 14.7 Å². The van der Waals surface area contributed by atoms with E-state index in [-0.39, 0.29) is 6.03 Å². The van der Waals surface area contributed by atoms with Gasteiger partial charge in [0.2, 0.25) is 0 Å². The summed E-state index contributed by atoms with van der Waals surface area (Å²) in [6, 6.07) is -0.369. The van der Waals surface area contributed by atoms with Crippen molar-refractivity contribution in [2.75, 3.05) is 27.2 Å². The maximum atomic E-state index is 11.9. The highest BCUT2D eigenvalue weighted by Gasteiger charge is 2.42. The van der Waals surface area contributed by atoms with Crippen LogP contribution >= 0.6 is 0 Å². The third-order valence-corrected chi connectivity index (χ3v) is 4.37. The Kier molecular flexibility index (Phi) is 6.95. The van der Waals surface area contributed by atoms with Crippen molar-refractivity contribution in [1.29, 1.82) is 0 Å². The zero-order valence-electron chi connectivity index (χ0n) is 13.4. The second kappa shape index (κ2) is 8.22. The number of carboxylic acids is 1. The minimum Gasteiger partial charge on any atom is -0.480 e. The average Bonchev–Trinajstić information content (AvgIpc) is 2.44. The lowest BCUT2D eigenvalue weighted by atomic mass is 9.75. The van der Waals surface area contributed by atoms with Crippen LogP contribution in [0.15, 0.2) is 0 Å². The third-order valence-electron chi connectivity index (χ3n) is 4.37. The van der Waals surface area contributed by atoms with Gasteiger partial charge < -0.3 is 20.6 Å². The van der Waals surface area contributed by atoms with Crippen LogP contribution in [0, 0.1) is 5.92 Å². The molecule has 0 aromatic carbocycles. The number of nitrogens with one attached hydrogen (secondary N) is 2. The minimum atomic E-state index is -1.09. The molecule has 2 amide bonds. The van der Waals surface area contributed by atoms with Crippen LogP contribution in [-0.4, -0.2) is 54.7 Å². The number of rotatable bonds is 7. The number of carbonyl (C=O) groups is 2. The van der Waals surface area contributed by atoms with E-state index in [4.69, 9.17) is 0 Å². The first-order chi connectivity index (χ1) is 9.89. The first-order valence-corrected chi connectivity index (χ1v) is 7.84. The van der Waals surface area contributed by atoms with Gasteiger partial charge in [-0.2, -0.15) is 0 Å². The van der Waals surface area contributed by atoms with E-state index >= 15 is 0 Å². The van der Waals surface area contributed by atoms with Gasteiger partial charge in [-0.15, -0.1) is 0 Å². The Hall–Kier alpha value is -1.30. The molecule has 0 atom stereocenters. The van der Waals surface area contributed by atoms with Gasteiger partial charge >= 0.3 is 12.0 Å². The monoisotopic (exact) mass is 299 g/mol. The molecule has 122 valence electrons. The normalized spacial score (nSPS) is 25.6. The molecule has 1 rings (SSSR count). The van der Waals surface area contributed by atoms with Crippen LogP contribution in [-0.2, 0) is 4.79 Å². The highest BCUT2D eigenvalue weighted by molar-refractivity contribution is 5.86. The molecule has 6 nitrogen and oxygen atoms in total. The third kappa shape index (κ3) is 5.53. The molecule has 0 heterocycles. The molecule has 6 heteroatoms. The van der Waals surface area contributed by atoms with E-state index in [0.29, 0.717) is 25.3 Å². The summed E-state index contributed by atoms with van der Waals surface area (Å²) >= 11 is 0. The van der Waals surface area contributed by atoms with Crippen molar-refractivity contribution in [1.82, 2.24) is 15.5 Å².